The van der Waals surface area contributed by atoms with Crippen molar-refractivity contribution in [1.82, 2.24) is 10.2 Å². The first-order valence-corrected chi connectivity index (χ1v) is 6.56. The van der Waals surface area contributed by atoms with Gasteiger partial charge in [-0.05, 0) is 13.8 Å². The summed E-state index contributed by atoms with van der Waals surface area (Å²) in [6.07, 6.45) is 0. The lowest BCUT2D eigenvalue weighted by atomic mass is 10.3. The lowest BCUT2D eigenvalue weighted by molar-refractivity contribution is -0.157. The molecule has 0 bridgehead atoms. The van der Waals surface area contributed by atoms with Crippen molar-refractivity contribution in [2.24, 2.45) is 0 Å². The van der Waals surface area contributed by atoms with Crippen LogP contribution in [0.2, 0.25) is 0 Å². The summed E-state index contributed by atoms with van der Waals surface area (Å²) in [7, 11) is 0. The van der Waals surface area contributed by atoms with Crippen LogP contribution in [-0.2, 0) is 23.8 Å². The lowest BCUT2D eigenvalue weighted by Crippen LogP contribution is -2.54. The zero-order chi connectivity index (χ0) is 15.0. The summed E-state index contributed by atoms with van der Waals surface area (Å²) in [5.41, 5.74) is 0. The smallest absolute Gasteiger partial charge is 0.340 e. The van der Waals surface area contributed by atoms with E-state index in [1.165, 1.54) is 4.90 Å². The summed E-state index contributed by atoms with van der Waals surface area (Å²) in [5.74, 6) is -1.65. The molecule has 20 heavy (non-hydrogen) atoms. The second-order valence-corrected chi connectivity index (χ2v) is 3.99. The highest BCUT2D eigenvalue weighted by molar-refractivity contribution is 6.02. The molecule has 0 aromatic rings. The Morgan fingerprint density at radius 2 is 1.60 bits per heavy atom. The number of ether oxygens (including phenoxy) is 3. The topological polar surface area (TPSA) is 94.2 Å². The molecule has 114 valence electrons. The predicted octanol–water partition coefficient (Wildman–Crippen LogP) is -0.477. The predicted molar refractivity (Wildman–Crippen MR) is 68.0 cm³/mol. The molecule has 0 spiro atoms. The highest BCUT2D eigenvalue weighted by Crippen LogP contribution is 2.00. The van der Waals surface area contributed by atoms with Gasteiger partial charge in [-0.25, -0.2) is 14.4 Å². The third-order valence-corrected chi connectivity index (χ3v) is 2.61. The van der Waals surface area contributed by atoms with Gasteiger partial charge in [0.1, 0.15) is 0 Å². The minimum absolute atomic E-state index is 0.113. The fraction of sp³-hybridized carbons (Fsp3) is 0.750. The molecule has 0 atom stereocenters. The second kappa shape index (κ2) is 8.36. The van der Waals surface area contributed by atoms with Crippen LogP contribution in [0.1, 0.15) is 13.8 Å². The van der Waals surface area contributed by atoms with Gasteiger partial charge < -0.3 is 24.4 Å². The normalized spacial score (nSPS) is 14.8. The van der Waals surface area contributed by atoms with E-state index in [1.54, 1.807) is 13.8 Å². The number of hydrogen-bond donors (Lipinski definition) is 1. The number of hydrogen-bond acceptors (Lipinski definition) is 6. The van der Waals surface area contributed by atoms with Crippen molar-refractivity contribution in [2.75, 3.05) is 39.5 Å². The maximum Gasteiger partial charge on any atom is 0.340 e. The van der Waals surface area contributed by atoms with Crippen LogP contribution in [0.25, 0.3) is 0 Å². The zero-order valence-electron chi connectivity index (χ0n) is 11.7. The van der Waals surface area contributed by atoms with Crippen LogP contribution in [0, 0.1) is 0 Å². The molecule has 1 aliphatic heterocycles. The van der Waals surface area contributed by atoms with Gasteiger partial charge in [-0.15, -0.1) is 0 Å². The molecule has 0 aromatic heterocycles. The largest absolute Gasteiger partial charge is 0.464 e. The maximum absolute atomic E-state index is 12.0. The molecule has 0 saturated carbocycles. The minimum atomic E-state index is -1.44. The number of rotatable bonds is 5. The van der Waals surface area contributed by atoms with Gasteiger partial charge in [-0.2, -0.15) is 0 Å². The summed E-state index contributed by atoms with van der Waals surface area (Å²) in [6, 6.07) is -1.95. The number of carbonyl (C=O) groups is 3. The summed E-state index contributed by atoms with van der Waals surface area (Å²) < 4.78 is 14.6. The number of esters is 2. The number of amides is 2. The molecule has 2 amide bonds. The summed E-state index contributed by atoms with van der Waals surface area (Å²) in [4.78, 5) is 36.8. The Morgan fingerprint density at radius 3 is 2.05 bits per heavy atom. The van der Waals surface area contributed by atoms with E-state index < -0.39 is 24.0 Å². The van der Waals surface area contributed by atoms with E-state index >= 15 is 0 Å². The first-order chi connectivity index (χ1) is 9.60. The van der Waals surface area contributed by atoms with Crippen molar-refractivity contribution < 1.29 is 28.6 Å². The van der Waals surface area contributed by atoms with E-state index in [4.69, 9.17) is 14.2 Å². The Bertz CT molecular complexity index is 336. The van der Waals surface area contributed by atoms with E-state index in [0.717, 1.165) is 0 Å². The van der Waals surface area contributed by atoms with E-state index in [-0.39, 0.29) is 13.2 Å². The van der Waals surface area contributed by atoms with Gasteiger partial charge in [-0.1, -0.05) is 0 Å². The Morgan fingerprint density at radius 1 is 1.10 bits per heavy atom. The van der Waals surface area contributed by atoms with Gasteiger partial charge in [0.25, 0.3) is 0 Å². The standard InChI is InChI=1S/C12H20N2O6/c1-3-19-10(15)9(11(16)20-4-2)13-12(17)14-5-7-18-8-6-14/h9H,3-8H2,1-2H3,(H,13,17). The molecule has 1 aliphatic rings. The van der Waals surface area contributed by atoms with Gasteiger partial charge in [0.05, 0.1) is 26.4 Å². The molecule has 1 saturated heterocycles. The maximum atomic E-state index is 12.0. The highest BCUT2D eigenvalue weighted by Gasteiger charge is 2.33. The highest BCUT2D eigenvalue weighted by atomic mass is 16.6. The van der Waals surface area contributed by atoms with Gasteiger partial charge in [0, 0.05) is 13.1 Å². The van der Waals surface area contributed by atoms with Crippen LogP contribution in [-0.4, -0.2) is 68.4 Å². The fourth-order valence-electron chi connectivity index (χ4n) is 1.65. The molecular weight excluding hydrogens is 268 g/mol. The van der Waals surface area contributed by atoms with Crippen molar-refractivity contribution in [2.45, 2.75) is 19.9 Å². The number of carbonyl (C=O) groups excluding carboxylic acids is 3. The summed E-state index contributed by atoms with van der Waals surface area (Å²) in [5, 5.41) is 2.34. The average molecular weight is 288 g/mol. The quantitative estimate of drug-likeness (QED) is 0.542. The number of nitrogens with zero attached hydrogens (tertiary/aromatic N) is 1. The SMILES string of the molecule is CCOC(=O)C(NC(=O)N1CCOCC1)C(=O)OCC. The molecule has 1 rings (SSSR count). The molecule has 1 N–H and O–H groups in total. The first-order valence-electron chi connectivity index (χ1n) is 6.56. The fourth-order valence-corrected chi connectivity index (χ4v) is 1.65. The van der Waals surface area contributed by atoms with E-state index in [2.05, 4.69) is 5.32 Å². The van der Waals surface area contributed by atoms with E-state index in [0.29, 0.717) is 26.3 Å². The van der Waals surface area contributed by atoms with Crippen molar-refractivity contribution in [3.05, 3.63) is 0 Å². The van der Waals surface area contributed by atoms with Crippen LogP contribution < -0.4 is 5.32 Å². The monoisotopic (exact) mass is 288 g/mol. The molecule has 0 unspecified atom stereocenters. The Kier molecular flexibility index (Phi) is 6.78. The lowest BCUT2D eigenvalue weighted by Gasteiger charge is -2.28. The molecule has 0 aromatic carbocycles. The van der Waals surface area contributed by atoms with Crippen LogP contribution in [0.4, 0.5) is 4.79 Å². The van der Waals surface area contributed by atoms with Crippen molar-refractivity contribution in [3.63, 3.8) is 0 Å². The summed E-state index contributed by atoms with van der Waals surface area (Å²) >= 11 is 0. The number of nitrogens with one attached hydrogen (secondary N) is 1. The molecular formula is C12H20N2O6. The molecule has 8 heteroatoms. The van der Waals surface area contributed by atoms with Crippen molar-refractivity contribution in [3.8, 4) is 0 Å². The zero-order valence-corrected chi connectivity index (χ0v) is 11.7. The first kappa shape index (κ1) is 16.2. The Hall–Kier alpha value is -1.83. The second-order valence-electron chi connectivity index (χ2n) is 3.99. The third-order valence-electron chi connectivity index (χ3n) is 2.61. The molecule has 1 fully saturated rings. The van der Waals surface area contributed by atoms with E-state index in [1.807, 2.05) is 0 Å². The molecule has 1 heterocycles. The van der Waals surface area contributed by atoms with Crippen molar-refractivity contribution in [1.29, 1.82) is 0 Å². The number of morpholine rings is 1. The molecule has 0 radical (unpaired) electrons. The van der Waals surface area contributed by atoms with Crippen LogP contribution in [0.5, 0.6) is 0 Å². The van der Waals surface area contributed by atoms with Gasteiger partial charge in [0.2, 0.25) is 6.04 Å². The van der Waals surface area contributed by atoms with E-state index in [9.17, 15) is 14.4 Å². The minimum Gasteiger partial charge on any atom is -0.464 e. The Balaban J connectivity index is 2.64. The van der Waals surface area contributed by atoms with Gasteiger partial charge in [-0.3, -0.25) is 0 Å². The number of urea groups is 1. The van der Waals surface area contributed by atoms with Crippen LogP contribution >= 0.6 is 0 Å². The summed E-state index contributed by atoms with van der Waals surface area (Å²) in [6.45, 7) is 5.13. The van der Waals surface area contributed by atoms with Crippen molar-refractivity contribution >= 4 is 18.0 Å². The molecule has 8 nitrogen and oxygen atoms in total. The third kappa shape index (κ3) is 4.69. The molecule has 0 aliphatic carbocycles. The van der Waals surface area contributed by atoms with Crippen LogP contribution in [0.3, 0.4) is 0 Å². The van der Waals surface area contributed by atoms with Gasteiger partial charge in [0.15, 0.2) is 0 Å². The average Bonchev–Trinajstić information content (AvgIpc) is 2.45. The van der Waals surface area contributed by atoms with Crippen LogP contribution in [0.15, 0.2) is 0 Å². The van der Waals surface area contributed by atoms with Gasteiger partial charge >= 0.3 is 18.0 Å². The Labute approximate surface area is 117 Å².